The van der Waals surface area contributed by atoms with Crippen molar-refractivity contribution in [3.63, 3.8) is 0 Å². The van der Waals surface area contributed by atoms with Crippen molar-refractivity contribution < 1.29 is 22.5 Å². The molecule has 2 nitrogen and oxygen atoms in total. The van der Waals surface area contributed by atoms with Crippen molar-refractivity contribution in [2.75, 3.05) is 7.05 Å². The molecule has 3 heteroatoms. The van der Waals surface area contributed by atoms with E-state index in [0.717, 1.165) is 11.1 Å². The van der Waals surface area contributed by atoms with Crippen LogP contribution in [0.1, 0.15) is 22.0 Å². The van der Waals surface area contributed by atoms with Gasteiger partial charge >= 0.3 is 0 Å². The number of rotatable bonds is 4. The smallest absolute Gasteiger partial charge is 0.224 e. The highest BCUT2D eigenvalue weighted by Gasteiger charge is 2.23. The van der Waals surface area contributed by atoms with E-state index >= 15 is 0 Å². The van der Waals surface area contributed by atoms with Gasteiger partial charge in [0.1, 0.15) is 0 Å². The summed E-state index contributed by atoms with van der Waals surface area (Å²) in [5.41, 5.74) is 1.81. The van der Waals surface area contributed by atoms with Gasteiger partial charge in [-0.1, -0.05) is 60.7 Å². The van der Waals surface area contributed by atoms with Crippen LogP contribution in [0.25, 0.3) is 0 Å². The molecule has 1 unspecified atom stereocenters. The molecule has 0 fully saturated rings. The van der Waals surface area contributed by atoms with Crippen molar-refractivity contribution in [2.45, 2.75) is 6.04 Å². The molecule has 0 saturated heterocycles. The molecule has 2 N–H and O–H groups in total. The highest BCUT2D eigenvalue weighted by atomic mass is 35.5. The van der Waals surface area contributed by atoms with E-state index in [-0.39, 0.29) is 24.2 Å². The minimum atomic E-state index is -0.154. The first-order valence-corrected chi connectivity index (χ1v) is 5.76. The number of hydrogen-bond acceptors (Lipinski definition) is 1. The zero-order valence-corrected chi connectivity index (χ0v) is 11.0. The highest BCUT2D eigenvalue weighted by Crippen LogP contribution is 2.14. The van der Waals surface area contributed by atoms with Crippen molar-refractivity contribution >= 4 is 5.78 Å². The summed E-state index contributed by atoms with van der Waals surface area (Å²) in [6, 6.07) is 19.1. The van der Waals surface area contributed by atoms with Gasteiger partial charge in [-0.3, -0.25) is 4.79 Å². The molecule has 0 bridgehead atoms. The van der Waals surface area contributed by atoms with Crippen molar-refractivity contribution in [3.05, 3.63) is 71.8 Å². The zero-order chi connectivity index (χ0) is 12.1. The molecular formula is C15H16ClNO. The molecule has 0 saturated carbocycles. The quantitative estimate of drug-likeness (QED) is 0.690. The lowest BCUT2D eigenvalue weighted by Crippen LogP contribution is -3.00. The van der Waals surface area contributed by atoms with Crippen molar-refractivity contribution in [1.29, 1.82) is 0 Å². The van der Waals surface area contributed by atoms with E-state index in [4.69, 9.17) is 0 Å². The normalized spacial score (nSPS) is 11.4. The van der Waals surface area contributed by atoms with Crippen molar-refractivity contribution in [3.8, 4) is 0 Å². The van der Waals surface area contributed by atoms with Gasteiger partial charge in [-0.2, -0.15) is 0 Å². The minimum absolute atomic E-state index is 0. The number of carbonyl (C=O) groups is 1. The van der Waals surface area contributed by atoms with Crippen LogP contribution in [-0.2, 0) is 0 Å². The maximum atomic E-state index is 12.3. The lowest BCUT2D eigenvalue weighted by atomic mass is 9.98. The van der Waals surface area contributed by atoms with Crippen molar-refractivity contribution in [1.82, 2.24) is 0 Å². The van der Waals surface area contributed by atoms with Gasteiger partial charge in [0.05, 0.1) is 7.05 Å². The number of carbonyl (C=O) groups excluding carboxylic acids is 1. The summed E-state index contributed by atoms with van der Waals surface area (Å²) < 4.78 is 0. The molecule has 0 heterocycles. The third kappa shape index (κ3) is 3.19. The van der Waals surface area contributed by atoms with E-state index in [1.807, 2.05) is 73.0 Å². The Morgan fingerprint density at radius 1 is 0.944 bits per heavy atom. The average Bonchev–Trinajstić information content (AvgIpc) is 2.42. The average molecular weight is 262 g/mol. The number of nitrogens with two attached hydrogens (primary N) is 1. The minimum Gasteiger partial charge on any atom is -1.00 e. The van der Waals surface area contributed by atoms with Crippen LogP contribution in [0.4, 0.5) is 0 Å². The summed E-state index contributed by atoms with van der Waals surface area (Å²) in [4.78, 5) is 12.3. The van der Waals surface area contributed by atoms with Crippen LogP contribution < -0.4 is 17.7 Å². The van der Waals surface area contributed by atoms with Crippen LogP contribution in [0.5, 0.6) is 0 Å². The number of Topliss-reactive ketones (excluding diaryl/α,β-unsaturated/α-hetero) is 1. The lowest BCUT2D eigenvalue weighted by molar-refractivity contribution is -0.654. The number of hydrogen-bond donors (Lipinski definition) is 1. The van der Waals surface area contributed by atoms with Gasteiger partial charge in [0.25, 0.3) is 0 Å². The van der Waals surface area contributed by atoms with E-state index < -0.39 is 0 Å². The zero-order valence-electron chi connectivity index (χ0n) is 10.2. The standard InChI is InChI=1S/C15H15NO.ClH/c1-16-14(12-8-4-2-5-9-12)15(17)13-10-6-3-7-11-13;/h2-11,14,16H,1H3;1H. The first-order valence-electron chi connectivity index (χ1n) is 5.76. The Morgan fingerprint density at radius 3 is 1.94 bits per heavy atom. The van der Waals surface area contributed by atoms with Crippen LogP contribution in [0.2, 0.25) is 0 Å². The number of quaternary nitrogens is 1. The molecule has 2 rings (SSSR count). The third-order valence-corrected chi connectivity index (χ3v) is 2.83. The Labute approximate surface area is 113 Å². The number of ketones is 1. The van der Waals surface area contributed by atoms with Gasteiger partial charge in [0.2, 0.25) is 5.78 Å². The number of benzene rings is 2. The van der Waals surface area contributed by atoms with E-state index in [2.05, 4.69) is 0 Å². The van der Waals surface area contributed by atoms with E-state index in [1.54, 1.807) is 0 Å². The van der Waals surface area contributed by atoms with E-state index in [9.17, 15) is 4.79 Å². The molecule has 0 aliphatic rings. The SMILES string of the molecule is C[NH2+]C(C(=O)c1ccccc1)c1ccccc1.[Cl-]. The molecule has 0 aromatic heterocycles. The number of halogens is 1. The molecule has 0 amide bonds. The van der Waals surface area contributed by atoms with Gasteiger partial charge in [0, 0.05) is 11.1 Å². The maximum Gasteiger partial charge on any atom is 0.224 e. The lowest BCUT2D eigenvalue weighted by Gasteiger charge is -2.12. The second-order valence-electron chi connectivity index (χ2n) is 3.95. The van der Waals surface area contributed by atoms with Crippen LogP contribution >= 0.6 is 0 Å². The Hall–Kier alpha value is -1.64. The second kappa shape index (κ2) is 6.94. The molecule has 2 aromatic carbocycles. The molecule has 94 valence electrons. The van der Waals surface area contributed by atoms with Crippen LogP contribution in [-0.4, -0.2) is 12.8 Å². The largest absolute Gasteiger partial charge is 1.00 e. The van der Waals surface area contributed by atoms with Gasteiger partial charge in [-0.15, -0.1) is 0 Å². The first kappa shape index (κ1) is 14.4. The molecule has 0 aliphatic carbocycles. The summed E-state index contributed by atoms with van der Waals surface area (Å²) in [6.45, 7) is 0. The molecule has 18 heavy (non-hydrogen) atoms. The molecule has 2 aromatic rings. The summed E-state index contributed by atoms with van der Waals surface area (Å²) in [5.74, 6) is 0.152. The predicted octanol–water partition coefficient (Wildman–Crippen LogP) is -1.19. The summed E-state index contributed by atoms with van der Waals surface area (Å²) in [5, 5.41) is 1.95. The Morgan fingerprint density at radius 2 is 1.44 bits per heavy atom. The van der Waals surface area contributed by atoms with E-state index in [0.29, 0.717) is 0 Å². The fourth-order valence-corrected chi connectivity index (χ4v) is 1.94. The number of likely N-dealkylation sites (N-methyl/N-ethyl adjacent to an activating group) is 1. The summed E-state index contributed by atoms with van der Waals surface area (Å²) in [7, 11) is 1.93. The topological polar surface area (TPSA) is 33.7 Å². The monoisotopic (exact) mass is 261 g/mol. The molecule has 1 atom stereocenters. The Bertz CT molecular complexity index is 484. The summed E-state index contributed by atoms with van der Waals surface area (Å²) in [6.07, 6.45) is 0. The Kier molecular flexibility index (Phi) is 5.56. The molecular weight excluding hydrogens is 246 g/mol. The molecule has 0 radical (unpaired) electrons. The fraction of sp³-hybridized carbons (Fsp3) is 0.133. The van der Waals surface area contributed by atoms with Gasteiger partial charge in [-0.05, 0) is 0 Å². The van der Waals surface area contributed by atoms with Crippen LogP contribution in [0.3, 0.4) is 0 Å². The maximum absolute atomic E-state index is 12.3. The van der Waals surface area contributed by atoms with Crippen LogP contribution in [0, 0.1) is 0 Å². The van der Waals surface area contributed by atoms with E-state index in [1.165, 1.54) is 0 Å². The third-order valence-electron chi connectivity index (χ3n) is 2.83. The highest BCUT2D eigenvalue weighted by molar-refractivity contribution is 5.99. The molecule has 0 aliphatic heterocycles. The van der Waals surface area contributed by atoms with Gasteiger partial charge in [0.15, 0.2) is 6.04 Å². The predicted molar refractivity (Wildman–Crippen MR) is 67.8 cm³/mol. The fourth-order valence-electron chi connectivity index (χ4n) is 1.94. The molecule has 0 spiro atoms. The van der Waals surface area contributed by atoms with Crippen LogP contribution in [0.15, 0.2) is 60.7 Å². The Balaban J connectivity index is 0.00000162. The second-order valence-corrected chi connectivity index (χ2v) is 3.95. The van der Waals surface area contributed by atoms with Gasteiger partial charge in [-0.25, -0.2) is 0 Å². The first-order chi connectivity index (χ1) is 8.33. The van der Waals surface area contributed by atoms with Gasteiger partial charge < -0.3 is 17.7 Å². The van der Waals surface area contributed by atoms with Crippen molar-refractivity contribution in [2.24, 2.45) is 0 Å². The summed E-state index contributed by atoms with van der Waals surface area (Å²) >= 11 is 0.